The molecule has 1 aliphatic carbocycles. The summed E-state index contributed by atoms with van der Waals surface area (Å²) in [5.74, 6) is 1.44. The Hall–Kier alpha value is -0.740. The molecule has 0 spiro atoms. The summed E-state index contributed by atoms with van der Waals surface area (Å²) in [6, 6.07) is 6.55. The highest BCUT2D eigenvalue weighted by molar-refractivity contribution is 9.10. The maximum absolute atomic E-state index is 6.01. The van der Waals surface area contributed by atoms with E-state index in [9.17, 15) is 0 Å². The van der Waals surface area contributed by atoms with Gasteiger partial charge < -0.3 is 14.8 Å². The standard InChI is InChI=1S/C17H26BrNO2/c1-11(2)10-21-16-9-15(17(16,3)4)19-12-6-7-13(18)14(8-12)20-5/h6-8,11,15-16,19H,9-10H2,1-5H3. The Labute approximate surface area is 136 Å². The van der Waals surface area contributed by atoms with E-state index in [1.165, 1.54) is 0 Å². The fourth-order valence-electron chi connectivity index (χ4n) is 2.67. The zero-order chi connectivity index (χ0) is 15.6. The van der Waals surface area contributed by atoms with Crippen molar-refractivity contribution in [3.8, 4) is 5.75 Å². The summed E-state index contributed by atoms with van der Waals surface area (Å²) < 4.78 is 12.3. The molecular formula is C17H26BrNO2. The third-order valence-electron chi connectivity index (χ3n) is 4.30. The largest absolute Gasteiger partial charge is 0.495 e. The van der Waals surface area contributed by atoms with Gasteiger partial charge in [-0.2, -0.15) is 0 Å². The van der Waals surface area contributed by atoms with Gasteiger partial charge in [-0.25, -0.2) is 0 Å². The van der Waals surface area contributed by atoms with Gasteiger partial charge >= 0.3 is 0 Å². The van der Waals surface area contributed by atoms with E-state index in [0.29, 0.717) is 18.1 Å². The number of hydrogen-bond donors (Lipinski definition) is 1. The van der Waals surface area contributed by atoms with Gasteiger partial charge in [0.2, 0.25) is 0 Å². The molecule has 0 heterocycles. The van der Waals surface area contributed by atoms with E-state index in [4.69, 9.17) is 9.47 Å². The average Bonchev–Trinajstić information content (AvgIpc) is 2.43. The Bertz CT molecular complexity index is 488. The second-order valence-corrected chi connectivity index (χ2v) is 7.67. The maximum atomic E-state index is 6.01. The molecule has 1 saturated carbocycles. The van der Waals surface area contributed by atoms with Crippen LogP contribution >= 0.6 is 15.9 Å². The molecule has 2 rings (SSSR count). The van der Waals surface area contributed by atoms with Crippen molar-refractivity contribution in [2.75, 3.05) is 19.0 Å². The van der Waals surface area contributed by atoms with Crippen LogP contribution in [0.4, 0.5) is 5.69 Å². The van der Waals surface area contributed by atoms with Crippen LogP contribution in [-0.4, -0.2) is 25.9 Å². The summed E-state index contributed by atoms with van der Waals surface area (Å²) >= 11 is 3.48. The van der Waals surface area contributed by atoms with Crippen LogP contribution in [0.3, 0.4) is 0 Å². The fourth-order valence-corrected chi connectivity index (χ4v) is 3.08. The van der Waals surface area contributed by atoms with Gasteiger partial charge in [-0.1, -0.05) is 27.7 Å². The van der Waals surface area contributed by atoms with Crippen LogP contribution in [0.2, 0.25) is 0 Å². The van der Waals surface area contributed by atoms with Gasteiger partial charge in [-0.15, -0.1) is 0 Å². The van der Waals surface area contributed by atoms with E-state index in [1.807, 2.05) is 12.1 Å². The van der Waals surface area contributed by atoms with Crippen molar-refractivity contribution >= 4 is 21.6 Å². The Balaban J connectivity index is 1.96. The van der Waals surface area contributed by atoms with Gasteiger partial charge in [-0.05, 0) is 40.4 Å². The number of hydrogen-bond acceptors (Lipinski definition) is 3. The highest BCUT2D eigenvalue weighted by Crippen LogP contribution is 2.45. The lowest BCUT2D eigenvalue weighted by molar-refractivity contribution is -0.108. The number of ether oxygens (including phenoxy) is 2. The third kappa shape index (κ3) is 3.72. The number of anilines is 1. The Kier molecular flexibility index (Phi) is 5.20. The molecule has 0 aliphatic heterocycles. The van der Waals surface area contributed by atoms with Crippen molar-refractivity contribution in [3.63, 3.8) is 0 Å². The summed E-state index contributed by atoms with van der Waals surface area (Å²) in [6.07, 6.45) is 1.40. The van der Waals surface area contributed by atoms with Gasteiger partial charge in [0.15, 0.2) is 0 Å². The molecule has 2 unspecified atom stereocenters. The smallest absolute Gasteiger partial charge is 0.135 e. The predicted octanol–water partition coefficient (Wildman–Crippen LogP) is 4.71. The van der Waals surface area contributed by atoms with Gasteiger partial charge in [0.1, 0.15) is 5.75 Å². The van der Waals surface area contributed by atoms with Gasteiger partial charge in [-0.3, -0.25) is 0 Å². The highest BCUT2D eigenvalue weighted by Gasteiger charge is 2.49. The van der Waals surface area contributed by atoms with Crippen LogP contribution < -0.4 is 10.1 Å². The molecule has 0 bridgehead atoms. The van der Waals surface area contributed by atoms with Crippen molar-refractivity contribution < 1.29 is 9.47 Å². The molecule has 1 aromatic carbocycles. The SMILES string of the molecule is COc1cc(NC2CC(OCC(C)C)C2(C)C)ccc1Br. The lowest BCUT2D eigenvalue weighted by Crippen LogP contribution is -2.58. The first kappa shape index (κ1) is 16.6. The summed E-state index contributed by atoms with van der Waals surface area (Å²) in [7, 11) is 1.69. The first-order valence-electron chi connectivity index (χ1n) is 7.56. The van der Waals surface area contributed by atoms with Crippen molar-refractivity contribution in [2.24, 2.45) is 11.3 Å². The molecule has 1 aromatic rings. The summed E-state index contributed by atoms with van der Waals surface area (Å²) in [4.78, 5) is 0. The van der Waals surface area contributed by atoms with E-state index in [0.717, 1.165) is 28.9 Å². The molecule has 1 N–H and O–H groups in total. The molecule has 0 amide bonds. The minimum Gasteiger partial charge on any atom is -0.495 e. The average molecular weight is 356 g/mol. The maximum Gasteiger partial charge on any atom is 0.135 e. The summed E-state index contributed by atoms with van der Waals surface area (Å²) in [6.45, 7) is 9.77. The molecule has 2 atom stereocenters. The van der Waals surface area contributed by atoms with Crippen LogP contribution in [0.25, 0.3) is 0 Å². The highest BCUT2D eigenvalue weighted by atomic mass is 79.9. The van der Waals surface area contributed by atoms with E-state index < -0.39 is 0 Å². The monoisotopic (exact) mass is 355 g/mol. The first-order valence-corrected chi connectivity index (χ1v) is 8.35. The van der Waals surface area contributed by atoms with E-state index in [1.54, 1.807) is 7.11 Å². The fraction of sp³-hybridized carbons (Fsp3) is 0.647. The predicted molar refractivity (Wildman–Crippen MR) is 91.1 cm³/mol. The van der Waals surface area contributed by atoms with Crippen molar-refractivity contribution in [1.82, 2.24) is 0 Å². The van der Waals surface area contributed by atoms with Gasteiger partial charge in [0.05, 0.1) is 17.7 Å². The number of rotatable bonds is 6. The lowest BCUT2D eigenvalue weighted by Gasteiger charge is -2.52. The number of benzene rings is 1. The number of halogens is 1. The van der Waals surface area contributed by atoms with E-state index in [2.05, 4.69) is 55.0 Å². The molecule has 118 valence electrons. The molecule has 21 heavy (non-hydrogen) atoms. The molecule has 1 fully saturated rings. The Morgan fingerprint density at radius 1 is 1.38 bits per heavy atom. The van der Waals surface area contributed by atoms with Crippen LogP contribution in [0.5, 0.6) is 5.75 Å². The first-order chi connectivity index (χ1) is 9.84. The van der Waals surface area contributed by atoms with E-state index >= 15 is 0 Å². The molecule has 3 nitrogen and oxygen atoms in total. The normalized spacial score (nSPS) is 23.8. The zero-order valence-electron chi connectivity index (χ0n) is 13.6. The second kappa shape index (κ2) is 6.57. The molecule has 4 heteroatoms. The van der Waals surface area contributed by atoms with Crippen LogP contribution in [0, 0.1) is 11.3 Å². The molecule has 0 radical (unpaired) electrons. The third-order valence-corrected chi connectivity index (χ3v) is 4.96. The van der Waals surface area contributed by atoms with Crippen LogP contribution in [0.15, 0.2) is 22.7 Å². The van der Waals surface area contributed by atoms with Crippen LogP contribution in [0.1, 0.15) is 34.1 Å². The topological polar surface area (TPSA) is 30.5 Å². The molecule has 0 saturated heterocycles. The summed E-state index contributed by atoms with van der Waals surface area (Å²) in [5, 5.41) is 3.61. The van der Waals surface area contributed by atoms with Crippen molar-refractivity contribution in [3.05, 3.63) is 22.7 Å². The lowest BCUT2D eigenvalue weighted by atomic mass is 9.64. The van der Waals surface area contributed by atoms with E-state index in [-0.39, 0.29) is 5.41 Å². The minimum absolute atomic E-state index is 0.148. The quantitative estimate of drug-likeness (QED) is 0.801. The molecule has 0 aromatic heterocycles. The second-order valence-electron chi connectivity index (χ2n) is 6.82. The van der Waals surface area contributed by atoms with Gasteiger partial charge in [0.25, 0.3) is 0 Å². The number of nitrogens with one attached hydrogen (secondary N) is 1. The zero-order valence-corrected chi connectivity index (χ0v) is 15.2. The number of methoxy groups -OCH3 is 1. The van der Waals surface area contributed by atoms with Crippen molar-refractivity contribution in [2.45, 2.75) is 46.3 Å². The van der Waals surface area contributed by atoms with Gasteiger partial charge in [0, 0.05) is 29.8 Å². The van der Waals surface area contributed by atoms with Crippen molar-refractivity contribution in [1.29, 1.82) is 0 Å². The molecular weight excluding hydrogens is 330 g/mol. The Morgan fingerprint density at radius 3 is 2.67 bits per heavy atom. The summed E-state index contributed by atoms with van der Waals surface area (Å²) in [5.41, 5.74) is 1.24. The Morgan fingerprint density at radius 2 is 2.10 bits per heavy atom. The minimum atomic E-state index is 0.148. The molecule has 1 aliphatic rings. The van der Waals surface area contributed by atoms with Crippen LogP contribution in [-0.2, 0) is 4.74 Å².